The lowest BCUT2D eigenvalue weighted by atomic mass is 10.2. The van der Waals surface area contributed by atoms with Crippen LogP contribution in [0.3, 0.4) is 0 Å². The summed E-state index contributed by atoms with van der Waals surface area (Å²) in [6.07, 6.45) is 4.80. The number of benzene rings is 1. The molecule has 142 valence electrons. The van der Waals surface area contributed by atoms with E-state index in [-0.39, 0.29) is 9.92 Å². The molecule has 0 spiro atoms. The molecule has 9 heteroatoms. The van der Waals surface area contributed by atoms with Gasteiger partial charge in [0.2, 0.25) is 10.0 Å². The molecule has 1 N–H and O–H groups in total. The van der Waals surface area contributed by atoms with Crippen molar-refractivity contribution < 1.29 is 13.2 Å². The Hall–Kier alpha value is -2.00. The number of aromatic nitrogens is 2. The van der Waals surface area contributed by atoms with Gasteiger partial charge < -0.3 is 4.74 Å². The molecule has 0 bridgehead atoms. The van der Waals surface area contributed by atoms with Gasteiger partial charge in [-0.05, 0) is 36.8 Å². The first-order valence-corrected chi connectivity index (χ1v) is 10.9. The maximum atomic E-state index is 12.4. The summed E-state index contributed by atoms with van der Waals surface area (Å²) in [5.74, 6) is 0.435. The fourth-order valence-electron chi connectivity index (χ4n) is 2.42. The number of aryl methyl sites for hydroxylation is 1. The molecule has 3 aromatic rings. The fraction of sp³-hybridized carbons (Fsp3) is 0.222. The average molecular weight is 424 g/mol. The zero-order valence-corrected chi connectivity index (χ0v) is 16.9. The van der Waals surface area contributed by atoms with Crippen molar-refractivity contribution in [1.29, 1.82) is 0 Å². The third kappa shape index (κ3) is 5.04. The highest BCUT2D eigenvalue weighted by Gasteiger charge is 2.15. The van der Waals surface area contributed by atoms with Crippen LogP contribution < -0.4 is 9.46 Å². The topological polar surface area (TPSA) is 81.2 Å². The van der Waals surface area contributed by atoms with E-state index in [0.29, 0.717) is 25.1 Å². The van der Waals surface area contributed by atoms with E-state index in [2.05, 4.69) is 14.7 Å². The van der Waals surface area contributed by atoms with E-state index in [1.165, 1.54) is 25.3 Å². The number of pyridine rings is 1. The third-order valence-corrected chi connectivity index (χ3v) is 6.48. The third-order valence-electron chi connectivity index (χ3n) is 3.82. The van der Waals surface area contributed by atoms with Crippen molar-refractivity contribution in [2.75, 3.05) is 13.7 Å². The zero-order valence-electron chi connectivity index (χ0n) is 14.6. The van der Waals surface area contributed by atoms with Crippen LogP contribution in [0.5, 0.6) is 5.75 Å². The minimum atomic E-state index is -3.61. The van der Waals surface area contributed by atoms with Crippen LogP contribution in [0.25, 0.3) is 11.3 Å². The van der Waals surface area contributed by atoms with E-state index in [0.717, 1.165) is 16.3 Å². The molecule has 0 saturated carbocycles. The number of sulfonamides is 1. The van der Waals surface area contributed by atoms with E-state index >= 15 is 0 Å². The number of halogens is 1. The molecule has 0 aliphatic rings. The Morgan fingerprint density at radius 3 is 2.70 bits per heavy atom. The summed E-state index contributed by atoms with van der Waals surface area (Å²) in [4.78, 5) is 8.70. The molecular formula is C18H18ClN3O3S2. The largest absolute Gasteiger partial charge is 0.495 e. The molecular weight excluding hydrogens is 406 g/mol. The number of nitrogens with zero attached hydrogens (tertiary/aromatic N) is 2. The summed E-state index contributed by atoms with van der Waals surface area (Å²) < 4.78 is 32.3. The van der Waals surface area contributed by atoms with Crippen molar-refractivity contribution in [2.45, 2.75) is 17.7 Å². The number of methoxy groups -OCH3 is 1. The molecule has 0 unspecified atom stereocenters. The first-order valence-electron chi connectivity index (χ1n) is 8.17. The summed E-state index contributed by atoms with van der Waals surface area (Å²) >= 11 is 7.57. The van der Waals surface area contributed by atoms with Crippen molar-refractivity contribution in [3.63, 3.8) is 0 Å². The minimum Gasteiger partial charge on any atom is -0.495 e. The summed E-state index contributed by atoms with van der Waals surface area (Å²) in [6, 6.07) is 8.20. The van der Waals surface area contributed by atoms with Crippen LogP contribution in [0.15, 0.2) is 53.0 Å². The molecule has 3 rings (SSSR count). The number of hydrogen-bond acceptors (Lipinski definition) is 6. The first kappa shape index (κ1) is 19.8. The van der Waals surface area contributed by atoms with Crippen molar-refractivity contribution in [3.05, 3.63) is 58.1 Å². The highest BCUT2D eigenvalue weighted by molar-refractivity contribution is 7.89. The molecule has 0 aliphatic carbocycles. The van der Waals surface area contributed by atoms with Gasteiger partial charge in [0.15, 0.2) is 0 Å². The normalized spacial score (nSPS) is 11.5. The van der Waals surface area contributed by atoms with Crippen LogP contribution in [0, 0.1) is 0 Å². The van der Waals surface area contributed by atoms with Crippen molar-refractivity contribution in [2.24, 2.45) is 0 Å². The minimum absolute atomic E-state index is 0.113. The Labute approximate surface area is 167 Å². The zero-order chi connectivity index (χ0) is 19.3. The molecule has 0 saturated heterocycles. The van der Waals surface area contributed by atoms with Crippen LogP contribution in [0.2, 0.25) is 5.02 Å². The Morgan fingerprint density at radius 1 is 1.22 bits per heavy atom. The summed E-state index contributed by atoms with van der Waals surface area (Å²) in [5.41, 5.74) is 1.93. The highest BCUT2D eigenvalue weighted by atomic mass is 35.5. The number of rotatable bonds is 8. The maximum absolute atomic E-state index is 12.4. The van der Waals surface area contributed by atoms with E-state index in [9.17, 15) is 8.42 Å². The van der Waals surface area contributed by atoms with E-state index in [1.807, 2.05) is 17.5 Å². The lowest BCUT2D eigenvalue weighted by Gasteiger charge is -2.08. The number of hydrogen-bond donors (Lipinski definition) is 1. The van der Waals surface area contributed by atoms with Crippen LogP contribution in [-0.2, 0) is 16.4 Å². The van der Waals surface area contributed by atoms with Gasteiger partial charge in [-0.2, -0.15) is 0 Å². The van der Waals surface area contributed by atoms with Gasteiger partial charge in [0.1, 0.15) is 5.75 Å². The van der Waals surface area contributed by atoms with Crippen LogP contribution in [0.4, 0.5) is 0 Å². The molecule has 2 aromatic heterocycles. The van der Waals surface area contributed by atoms with Gasteiger partial charge in [-0.25, -0.2) is 18.1 Å². The molecule has 27 heavy (non-hydrogen) atoms. The monoisotopic (exact) mass is 423 g/mol. The molecule has 0 aliphatic heterocycles. The second-order valence-corrected chi connectivity index (χ2v) is 8.78. The predicted molar refractivity (Wildman–Crippen MR) is 107 cm³/mol. The number of ether oxygens (including phenoxy) is 1. The van der Waals surface area contributed by atoms with E-state index in [1.54, 1.807) is 23.7 Å². The SMILES string of the molecule is COc1ccc(S(=O)(=O)NCCCc2nc(-c3ccncc3)cs2)cc1Cl. The molecule has 2 heterocycles. The van der Waals surface area contributed by atoms with Crippen LogP contribution in [-0.4, -0.2) is 32.0 Å². The van der Waals surface area contributed by atoms with Gasteiger partial charge in [-0.15, -0.1) is 11.3 Å². The van der Waals surface area contributed by atoms with Gasteiger partial charge in [-0.1, -0.05) is 11.6 Å². The molecule has 0 atom stereocenters. The Morgan fingerprint density at radius 2 is 2.00 bits per heavy atom. The Balaban J connectivity index is 1.54. The molecule has 0 fully saturated rings. The molecule has 0 amide bonds. The lowest BCUT2D eigenvalue weighted by molar-refractivity contribution is 0.414. The van der Waals surface area contributed by atoms with Crippen molar-refractivity contribution >= 4 is 33.0 Å². The van der Waals surface area contributed by atoms with Gasteiger partial charge >= 0.3 is 0 Å². The second kappa shape index (κ2) is 8.79. The van der Waals surface area contributed by atoms with Gasteiger partial charge in [0.25, 0.3) is 0 Å². The summed E-state index contributed by atoms with van der Waals surface area (Å²) in [6.45, 7) is 0.316. The lowest BCUT2D eigenvalue weighted by Crippen LogP contribution is -2.25. The quantitative estimate of drug-likeness (QED) is 0.557. The molecule has 1 aromatic carbocycles. The Kier molecular flexibility index (Phi) is 6.43. The second-order valence-electron chi connectivity index (χ2n) is 5.66. The fourth-order valence-corrected chi connectivity index (χ4v) is 4.70. The van der Waals surface area contributed by atoms with E-state index in [4.69, 9.17) is 16.3 Å². The maximum Gasteiger partial charge on any atom is 0.240 e. The van der Waals surface area contributed by atoms with E-state index < -0.39 is 10.0 Å². The number of nitrogens with one attached hydrogen (secondary N) is 1. The molecule has 6 nitrogen and oxygen atoms in total. The highest BCUT2D eigenvalue weighted by Crippen LogP contribution is 2.27. The van der Waals surface area contributed by atoms with Crippen molar-refractivity contribution in [3.8, 4) is 17.0 Å². The smallest absolute Gasteiger partial charge is 0.240 e. The standard InChI is InChI=1S/C18H18ClN3O3S2/c1-25-17-5-4-14(11-15(17)19)27(23,24)21-8-2-3-18-22-16(12-26-18)13-6-9-20-10-7-13/h4-7,9-12,21H,2-3,8H2,1H3. The summed E-state index contributed by atoms with van der Waals surface area (Å²) in [7, 11) is -2.14. The summed E-state index contributed by atoms with van der Waals surface area (Å²) in [5, 5.41) is 3.22. The number of thiazole rings is 1. The average Bonchev–Trinajstić information content (AvgIpc) is 3.15. The predicted octanol–water partition coefficient (Wildman–Crippen LogP) is 3.78. The van der Waals surface area contributed by atoms with Crippen LogP contribution in [0.1, 0.15) is 11.4 Å². The molecule has 0 radical (unpaired) electrons. The van der Waals surface area contributed by atoms with Gasteiger partial charge in [0.05, 0.1) is 27.7 Å². The first-order chi connectivity index (χ1) is 13.0. The van der Waals surface area contributed by atoms with Gasteiger partial charge in [0, 0.05) is 36.3 Å². The van der Waals surface area contributed by atoms with Crippen molar-refractivity contribution in [1.82, 2.24) is 14.7 Å². The van der Waals surface area contributed by atoms with Crippen LogP contribution >= 0.6 is 22.9 Å². The Bertz CT molecular complexity index is 1010. The van der Waals surface area contributed by atoms with Gasteiger partial charge in [-0.3, -0.25) is 4.98 Å².